The predicted molar refractivity (Wildman–Crippen MR) is 53.9 cm³/mol. The first-order chi connectivity index (χ1) is 5.86. The molecule has 0 spiro atoms. The third kappa shape index (κ3) is 3.20. The van der Waals surface area contributed by atoms with Gasteiger partial charge in [0.25, 0.3) is 0 Å². The first-order valence-electron chi connectivity index (χ1n) is 4.78. The van der Waals surface area contributed by atoms with Crippen LogP contribution in [-0.4, -0.2) is 12.3 Å². The lowest BCUT2D eigenvalue weighted by atomic mass is 9.90. The number of carbonyl (C=O) groups is 1. The summed E-state index contributed by atoms with van der Waals surface area (Å²) in [5.41, 5.74) is 0. The summed E-state index contributed by atoms with van der Waals surface area (Å²) in [4.78, 5) is 10.6. The van der Waals surface area contributed by atoms with Gasteiger partial charge >= 0.3 is 0 Å². The molecule has 1 fully saturated rings. The van der Waals surface area contributed by atoms with Crippen LogP contribution in [0.2, 0.25) is 0 Å². The van der Waals surface area contributed by atoms with Crippen LogP contribution in [0.3, 0.4) is 0 Å². The Kier molecular flexibility index (Phi) is 4.79. The monoisotopic (exact) mass is 187 g/mol. The van der Waals surface area contributed by atoms with Gasteiger partial charge in [0.05, 0.1) is 0 Å². The molecule has 2 nitrogen and oxygen atoms in total. The van der Waals surface area contributed by atoms with Gasteiger partial charge in [-0.2, -0.15) is 0 Å². The highest BCUT2D eigenvalue weighted by molar-refractivity contribution is 7.13. The van der Waals surface area contributed by atoms with Crippen LogP contribution in [0, 0.1) is 5.92 Å². The van der Waals surface area contributed by atoms with E-state index in [4.69, 9.17) is 0 Å². The third-order valence-corrected chi connectivity index (χ3v) is 3.16. The normalized spacial score (nSPS) is 32.1. The average Bonchev–Trinajstić information content (AvgIpc) is 2.05. The van der Waals surface area contributed by atoms with Crippen molar-refractivity contribution in [1.82, 2.24) is 5.09 Å². The number of aldehydes is 1. The average molecular weight is 187 g/mol. The van der Waals surface area contributed by atoms with Crippen LogP contribution >= 0.6 is 9.39 Å². The summed E-state index contributed by atoms with van der Waals surface area (Å²) in [5.74, 6) is 0.325. The molecule has 1 aliphatic rings. The number of hydrogen-bond acceptors (Lipinski definition) is 2. The Morgan fingerprint density at radius 2 is 1.92 bits per heavy atom. The maximum absolute atomic E-state index is 10.6. The van der Waals surface area contributed by atoms with Crippen LogP contribution in [0.5, 0.6) is 0 Å². The zero-order chi connectivity index (χ0) is 8.81. The summed E-state index contributed by atoms with van der Waals surface area (Å²) >= 11 is 0. The van der Waals surface area contributed by atoms with Crippen molar-refractivity contribution in [1.29, 1.82) is 0 Å². The maximum atomic E-state index is 10.6. The van der Waals surface area contributed by atoms with E-state index in [1.165, 1.54) is 19.3 Å². The highest BCUT2D eigenvalue weighted by Crippen LogP contribution is 2.21. The minimum Gasteiger partial charge on any atom is -0.303 e. The second-order valence-corrected chi connectivity index (χ2v) is 3.95. The summed E-state index contributed by atoms with van der Waals surface area (Å²) in [5, 5.41) is 3.22. The number of nitrogens with one attached hydrogen (secondary N) is 1. The summed E-state index contributed by atoms with van der Waals surface area (Å²) in [6.07, 6.45) is 8.18. The van der Waals surface area contributed by atoms with Crippen LogP contribution < -0.4 is 5.09 Å². The van der Waals surface area contributed by atoms with E-state index in [0.717, 1.165) is 25.5 Å². The minimum absolute atomic E-state index is 0.325. The fourth-order valence-electron chi connectivity index (χ4n) is 1.80. The zero-order valence-corrected chi connectivity index (χ0v) is 8.61. The van der Waals surface area contributed by atoms with Gasteiger partial charge in [-0.15, -0.1) is 0 Å². The maximum Gasteiger partial charge on any atom is 0.123 e. The zero-order valence-electron chi connectivity index (χ0n) is 7.46. The van der Waals surface area contributed by atoms with Gasteiger partial charge in [0.1, 0.15) is 6.29 Å². The summed E-state index contributed by atoms with van der Waals surface area (Å²) in [7, 11) is 2.58. The molecule has 0 bridgehead atoms. The molecule has 0 aromatic carbocycles. The predicted octanol–water partition coefficient (Wildman–Crippen LogP) is 1.90. The van der Waals surface area contributed by atoms with E-state index in [0.29, 0.717) is 12.0 Å². The van der Waals surface area contributed by atoms with Crippen LogP contribution in [-0.2, 0) is 4.79 Å². The molecule has 0 amide bonds. The second kappa shape index (κ2) is 5.66. The molecule has 1 N–H and O–H groups in total. The Morgan fingerprint density at radius 1 is 1.17 bits per heavy atom. The van der Waals surface area contributed by atoms with Crippen LogP contribution in [0.4, 0.5) is 0 Å². The van der Waals surface area contributed by atoms with E-state index in [1.54, 1.807) is 0 Å². The van der Waals surface area contributed by atoms with Crippen molar-refractivity contribution in [2.75, 3.05) is 0 Å². The molecule has 0 heterocycles. The Balaban J connectivity index is 2.33. The van der Waals surface area contributed by atoms with Crippen molar-refractivity contribution >= 4 is 15.7 Å². The lowest BCUT2D eigenvalue weighted by Crippen LogP contribution is -2.23. The van der Waals surface area contributed by atoms with Gasteiger partial charge < -0.3 is 4.79 Å². The Morgan fingerprint density at radius 3 is 2.58 bits per heavy atom. The molecule has 0 aromatic heterocycles. The molecular weight excluding hydrogens is 169 g/mol. The lowest BCUT2D eigenvalue weighted by Gasteiger charge is -2.21. The topological polar surface area (TPSA) is 29.1 Å². The Labute approximate surface area is 76.8 Å². The standard InChI is InChI=1S/C9H18NOP/c11-7-8-3-1-2-4-9(10-12)6-5-8/h7-10H,1-6,12H2. The van der Waals surface area contributed by atoms with E-state index in [1.807, 2.05) is 0 Å². The minimum atomic E-state index is 0.325. The van der Waals surface area contributed by atoms with Gasteiger partial charge in [0, 0.05) is 12.0 Å². The molecule has 0 radical (unpaired) electrons. The summed E-state index contributed by atoms with van der Waals surface area (Å²) in [6.45, 7) is 0. The Hall–Kier alpha value is 0.0600. The number of carbonyl (C=O) groups excluding carboxylic acids is 1. The second-order valence-electron chi connectivity index (χ2n) is 3.62. The van der Waals surface area contributed by atoms with Gasteiger partial charge in [0.2, 0.25) is 0 Å². The SMILES string of the molecule is O=CC1CCCCC(NP)CC1. The molecule has 1 rings (SSSR count). The van der Waals surface area contributed by atoms with Crippen molar-refractivity contribution in [3.8, 4) is 0 Å². The first-order valence-corrected chi connectivity index (χ1v) is 5.36. The smallest absolute Gasteiger partial charge is 0.123 e. The number of rotatable bonds is 2. The molecule has 70 valence electrons. The van der Waals surface area contributed by atoms with Crippen LogP contribution in [0.1, 0.15) is 38.5 Å². The van der Waals surface area contributed by atoms with Crippen LogP contribution in [0.25, 0.3) is 0 Å². The largest absolute Gasteiger partial charge is 0.303 e. The van der Waals surface area contributed by atoms with Crippen molar-refractivity contribution in [2.45, 2.75) is 44.6 Å². The van der Waals surface area contributed by atoms with Crippen molar-refractivity contribution in [3.63, 3.8) is 0 Å². The van der Waals surface area contributed by atoms with E-state index < -0.39 is 0 Å². The van der Waals surface area contributed by atoms with Gasteiger partial charge in [-0.1, -0.05) is 22.2 Å². The highest BCUT2D eigenvalue weighted by atomic mass is 31.0. The molecule has 3 atom stereocenters. The van der Waals surface area contributed by atoms with E-state index >= 15 is 0 Å². The fraction of sp³-hybridized carbons (Fsp3) is 0.889. The van der Waals surface area contributed by atoms with Crippen molar-refractivity contribution in [3.05, 3.63) is 0 Å². The molecule has 0 aromatic rings. The molecular formula is C9H18NOP. The first kappa shape index (κ1) is 10.1. The molecule has 3 unspecified atom stereocenters. The van der Waals surface area contributed by atoms with Gasteiger partial charge in [-0.25, -0.2) is 0 Å². The lowest BCUT2D eigenvalue weighted by molar-refractivity contribution is -0.111. The molecule has 0 saturated heterocycles. The fourth-order valence-corrected chi connectivity index (χ4v) is 2.14. The van der Waals surface area contributed by atoms with Gasteiger partial charge in [-0.05, 0) is 25.7 Å². The quantitative estimate of drug-likeness (QED) is 0.528. The highest BCUT2D eigenvalue weighted by Gasteiger charge is 2.15. The Bertz CT molecular complexity index is 140. The molecule has 12 heavy (non-hydrogen) atoms. The van der Waals surface area contributed by atoms with Gasteiger partial charge in [-0.3, -0.25) is 5.09 Å². The van der Waals surface area contributed by atoms with Crippen LogP contribution in [0.15, 0.2) is 0 Å². The van der Waals surface area contributed by atoms with E-state index in [-0.39, 0.29) is 0 Å². The number of hydrogen-bond donors (Lipinski definition) is 1. The molecule has 3 heteroatoms. The van der Waals surface area contributed by atoms with Gasteiger partial charge in [0.15, 0.2) is 0 Å². The van der Waals surface area contributed by atoms with E-state index in [9.17, 15) is 4.79 Å². The summed E-state index contributed by atoms with van der Waals surface area (Å²) in [6, 6.07) is 0.609. The molecule has 1 saturated carbocycles. The van der Waals surface area contributed by atoms with E-state index in [2.05, 4.69) is 14.5 Å². The summed E-state index contributed by atoms with van der Waals surface area (Å²) < 4.78 is 0. The van der Waals surface area contributed by atoms with Crippen molar-refractivity contribution < 1.29 is 4.79 Å². The molecule has 1 aliphatic carbocycles. The van der Waals surface area contributed by atoms with Crippen molar-refractivity contribution in [2.24, 2.45) is 5.92 Å². The molecule has 0 aliphatic heterocycles. The third-order valence-electron chi connectivity index (χ3n) is 2.69.